The van der Waals surface area contributed by atoms with Crippen molar-refractivity contribution in [3.05, 3.63) is 47.5 Å². The number of ether oxygens (including phenoxy) is 2. The first-order valence-corrected chi connectivity index (χ1v) is 13.1. The third-order valence-electron chi connectivity index (χ3n) is 10.4. The van der Waals surface area contributed by atoms with Gasteiger partial charge in [-0.1, -0.05) is 64.4 Å². The Labute approximate surface area is 204 Å². The van der Waals surface area contributed by atoms with Crippen molar-refractivity contribution in [1.29, 1.82) is 0 Å². The second kappa shape index (κ2) is 7.29. The smallest absolute Gasteiger partial charge is 0.184 e. The molecule has 0 aliphatic heterocycles. The highest BCUT2D eigenvalue weighted by Gasteiger charge is 2.60. The number of aromatic nitrogens is 1. The van der Waals surface area contributed by atoms with Gasteiger partial charge in [-0.25, -0.2) is 0 Å². The molecule has 4 atom stereocenters. The van der Waals surface area contributed by atoms with Crippen molar-refractivity contribution in [2.75, 3.05) is 14.2 Å². The standard InChI is InChI=1S/C31H39NO2/c1-29(2)14-10-15-31(4)23(29)13-16-30(3)21-18-22(33-5)28(34-6)27-25(21)20(17-24(30)31)26(32-27)19-11-8-7-9-12-19/h7-9,11-12,18,23-24,32H,10,13-17H2,1-6H3/t23-,24-,30-,31-/m0/s1. The van der Waals surface area contributed by atoms with Gasteiger partial charge in [0.15, 0.2) is 11.5 Å². The lowest BCUT2D eigenvalue weighted by molar-refractivity contribution is -0.105. The molecule has 1 N–H and O–H groups in total. The van der Waals surface area contributed by atoms with Gasteiger partial charge in [-0.05, 0) is 82.9 Å². The van der Waals surface area contributed by atoms with Gasteiger partial charge in [0.05, 0.1) is 19.7 Å². The van der Waals surface area contributed by atoms with E-state index in [9.17, 15) is 0 Å². The van der Waals surface area contributed by atoms with Crippen LogP contribution in [-0.2, 0) is 11.8 Å². The molecule has 0 radical (unpaired) electrons. The molecule has 0 spiro atoms. The topological polar surface area (TPSA) is 34.2 Å². The normalized spacial score (nSPS) is 31.6. The molecule has 2 fully saturated rings. The molecule has 0 amide bonds. The Kier molecular flexibility index (Phi) is 4.73. The van der Waals surface area contributed by atoms with Crippen molar-refractivity contribution in [2.45, 2.75) is 71.6 Å². The number of rotatable bonds is 3. The molecule has 3 aliphatic carbocycles. The van der Waals surface area contributed by atoms with E-state index >= 15 is 0 Å². The Morgan fingerprint density at radius 2 is 1.68 bits per heavy atom. The van der Waals surface area contributed by atoms with Gasteiger partial charge in [-0.2, -0.15) is 0 Å². The van der Waals surface area contributed by atoms with Crippen LogP contribution in [0.3, 0.4) is 0 Å². The van der Waals surface area contributed by atoms with Crippen molar-refractivity contribution in [3.8, 4) is 22.8 Å². The van der Waals surface area contributed by atoms with E-state index in [1.165, 1.54) is 59.9 Å². The number of fused-ring (bicyclic) bond motifs is 4. The fourth-order valence-electron chi connectivity index (χ4n) is 8.89. The number of hydrogen-bond acceptors (Lipinski definition) is 2. The van der Waals surface area contributed by atoms with Gasteiger partial charge in [0, 0.05) is 11.1 Å². The van der Waals surface area contributed by atoms with E-state index in [-0.39, 0.29) is 5.41 Å². The van der Waals surface area contributed by atoms with E-state index in [2.05, 4.69) is 69.1 Å². The third-order valence-corrected chi connectivity index (χ3v) is 10.4. The molecular formula is C31H39NO2. The molecule has 6 rings (SSSR count). The zero-order chi connectivity index (χ0) is 23.9. The van der Waals surface area contributed by atoms with E-state index in [0.29, 0.717) is 16.7 Å². The summed E-state index contributed by atoms with van der Waals surface area (Å²) >= 11 is 0. The van der Waals surface area contributed by atoms with Crippen LogP contribution in [-0.4, -0.2) is 19.2 Å². The highest BCUT2D eigenvalue weighted by Crippen LogP contribution is 2.68. The maximum Gasteiger partial charge on any atom is 0.184 e. The summed E-state index contributed by atoms with van der Waals surface area (Å²) in [5.74, 6) is 3.06. The van der Waals surface area contributed by atoms with Crippen molar-refractivity contribution in [2.24, 2.45) is 22.7 Å². The zero-order valence-electron chi connectivity index (χ0n) is 21.7. The number of nitrogens with one attached hydrogen (secondary N) is 1. The van der Waals surface area contributed by atoms with Crippen molar-refractivity contribution < 1.29 is 9.47 Å². The summed E-state index contributed by atoms with van der Waals surface area (Å²) in [6, 6.07) is 13.2. The molecule has 0 saturated heterocycles. The minimum absolute atomic E-state index is 0.139. The van der Waals surface area contributed by atoms with Crippen LogP contribution < -0.4 is 9.47 Å². The number of H-pyrrole nitrogens is 1. The SMILES string of the molecule is COc1cc2c3c(c(-c4ccccc4)[nH]c3c1OC)C[C@@H]1[C@@]3(C)CCCC(C)(C)[C@@H]3CC[C@@]21C. The van der Waals surface area contributed by atoms with Gasteiger partial charge in [-0.15, -0.1) is 0 Å². The monoisotopic (exact) mass is 457 g/mol. The van der Waals surface area contributed by atoms with Crippen molar-refractivity contribution in [1.82, 2.24) is 4.98 Å². The van der Waals surface area contributed by atoms with Crippen LogP contribution in [0, 0.1) is 22.7 Å². The number of hydrogen-bond donors (Lipinski definition) is 1. The highest BCUT2D eigenvalue weighted by molar-refractivity contribution is 6.00. The summed E-state index contributed by atoms with van der Waals surface area (Å²) in [5, 5.41) is 1.38. The van der Waals surface area contributed by atoms with Crippen LogP contribution in [0.5, 0.6) is 11.5 Å². The van der Waals surface area contributed by atoms with E-state index in [1.54, 1.807) is 14.2 Å². The summed E-state index contributed by atoms with van der Waals surface area (Å²) in [7, 11) is 3.52. The molecule has 34 heavy (non-hydrogen) atoms. The number of benzene rings is 2. The van der Waals surface area contributed by atoms with Crippen LogP contribution in [0.4, 0.5) is 0 Å². The molecule has 2 aromatic carbocycles. The molecule has 0 unspecified atom stereocenters. The Balaban J connectivity index is 1.64. The third kappa shape index (κ3) is 2.76. The fraction of sp³-hybridized carbons (Fsp3) is 0.548. The lowest BCUT2D eigenvalue weighted by atomic mass is 9.40. The van der Waals surface area contributed by atoms with Crippen LogP contribution >= 0.6 is 0 Å². The predicted molar refractivity (Wildman–Crippen MR) is 140 cm³/mol. The minimum atomic E-state index is 0.139. The second-order valence-corrected chi connectivity index (χ2v) is 12.4. The van der Waals surface area contributed by atoms with Gasteiger partial charge in [0.1, 0.15) is 0 Å². The van der Waals surface area contributed by atoms with Gasteiger partial charge in [-0.3, -0.25) is 0 Å². The summed E-state index contributed by atoms with van der Waals surface area (Å²) in [6.07, 6.45) is 7.75. The summed E-state index contributed by atoms with van der Waals surface area (Å²) in [4.78, 5) is 3.83. The Morgan fingerprint density at radius 3 is 2.38 bits per heavy atom. The van der Waals surface area contributed by atoms with E-state index < -0.39 is 0 Å². The van der Waals surface area contributed by atoms with Gasteiger partial charge < -0.3 is 14.5 Å². The number of methoxy groups -OCH3 is 2. The summed E-state index contributed by atoms with van der Waals surface area (Å²) in [5.41, 5.74) is 7.45. The van der Waals surface area contributed by atoms with Crippen LogP contribution in [0.1, 0.15) is 70.9 Å². The van der Waals surface area contributed by atoms with E-state index in [4.69, 9.17) is 9.47 Å². The lowest BCUT2D eigenvalue weighted by Gasteiger charge is -2.64. The summed E-state index contributed by atoms with van der Waals surface area (Å²) < 4.78 is 11.8. The van der Waals surface area contributed by atoms with Crippen molar-refractivity contribution in [3.63, 3.8) is 0 Å². The van der Waals surface area contributed by atoms with E-state index in [0.717, 1.165) is 29.4 Å². The van der Waals surface area contributed by atoms with Crippen LogP contribution in [0.25, 0.3) is 22.2 Å². The largest absolute Gasteiger partial charge is 0.493 e. The highest BCUT2D eigenvalue weighted by atomic mass is 16.5. The van der Waals surface area contributed by atoms with Crippen molar-refractivity contribution >= 4 is 10.9 Å². The Hall–Kier alpha value is -2.42. The minimum Gasteiger partial charge on any atom is -0.493 e. The molecule has 3 aromatic rings. The Bertz CT molecular complexity index is 1260. The molecule has 180 valence electrons. The van der Waals surface area contributed by atoms with Crippen LogP contribution in [0.2, 0.25) is 0 Å². The maximum atomic E-state index is 5.92. The van der Waals surface area contributed by atoms with Gasteiger partial charge in [0.2, 0.25) is 0 Å². The molecule has 0 bridgehead atoms. The zero-order valence-corrected chi connectivity index (χ0v) is 21.7. The molecule has 3 nitrogen and oxygen atoms in total. The quantitative estimate of drug-likeness (QED) is 0.433. The first-order valence-electron chi connectivity index (χ1n) is 13.1. The molecular weight excluding hydrogens is 418 g/mol. The molecule has 1 heterocycles. The molecule has 3 heteroatoms. The fourth-order valence-corrected chi connectivity index (χ4v) is 8.89. The summed E-state index contributed by atoms with van der Waals surface area (Å²) in [6.45, 7) is 10.3. The lowest BCUT2D eigenvalue weighted by Crippen LogP contribution is -2.57. The average molecular weight is 458 g/mol. The maximum absolute atomic E-state index is 5.92. The van der Waals surface area contributed by atoms with E-state index in [1.807, 2.05) is 0 Å². The van der Waals surface area contributed by atoms with Gasteiger partial charge >= 0.3 is 0 Å². The first-order chi connectivity index (χ1) is 16.2. The predicted octanol–water partition coefficient (Wildman–Crippen LogP) is 7.91. The van der Waals surface area contributed by atoms with Crippen LogP contribution in [0.15, 0.2) is 36.4 Å². The Morgan fingerprint density at radius 1 is 0.912 bits per heavy atom. The van der Waals surface area contributed by atoms with Gasteiger partial charge in [0.25, 0.3) is 0 Å². The first kappa shape index (κ1) is 22.1. The number of aromatic amines is 1. The molecule has 3 aliphatic rings. The molecule has 1 aromatic heterocycles. The molecule has 2 saturated carbocycles. The average Bonchev–Trinajstić information content (AvgIpc) is 3.19. The second-order valence-electron chi connectivity index (χ2n) is 12.4.